The van der Waals surface area contributed by atoms with E-state index < -0.39 is 23.9 Å². The number of carbonyl (C=O) groups is 3. The lowest BCUT2D eigenvalue weighted by Crippen LogP contribution is -2.35. The van der Waals surface area contributed by atoms with Gasteiger partial charge >= 0.3 is 5.97 Å². The SMILES string of the molecule is COc1cc(/C=C2/C(=O)NN(c3ccccc3)C2=O)cc(Br)c1O[C@H](C)C(=O)O. The van der Waals surface area contributed by atoms with E-state index in [9.17, 15) is 14.4 Å². The number of methoxy groups -OCH3 is 1. The fraction of sp³-hybridized carbons (Fsp3) is 0.150. The Morgan fingerprint density at radius 2 is 1.93 bits per heavy atom. The predicted octanol–water partition coefficient (Wildman–Crippen LogP) is 2.77. The summed E-state index contributed by atoms with van der Waals surface area (Å²) in [6.07, 6.45) is 0.337. The van der Waals surface area contributed by atoms with E-state index in [1.807, 2.05) is 0 Å². The molecule has 1 saturated heterocycles. The Morgan fingerprint density at radius 1 is 1.24 bits per heavy atom. The summed E-state index contributed by atoms with van der Waals surface area (Å²) in [5.41, 5.74) is 3.52. The van der Waals surface area contributed by atoms with E-state index in [-0.39, 0.29) is 17.1 Å². The number of para-hydroxylation sites is 1. The molecule has 0 spiro atoms. The van der Waals surface area contributed by atoms with E-state index in [0.29, 0.717) is 15.7 Å². The Kier molecular flexibility index (Phi) is 5.88. The third-order valence-electron chi connectivity index (χ3n) is 4.11. The van der Waals surface area contributed by atoms with Crippen molar-refractivity contribution in [1.29, 1.82) is 0 Å². The van der Waals surface area contributed by atoms with Gasteiger partial charge in [-0.05, 0) is 58.8 Å². The molecule has 1 aliphatic rings. The molecule has 0 saturated carbocycles. The van der Waals surface area contributed by atoms with Crippen molar-refractivity contribution in [1.82, 2.24) is 5.43 Å². The number of hydrogen-bond donors (Lipinski definition) is 2. The summed E-state index contributed by atoms with van der Waals surface area (Å²) in [5.74, 6) is -1.69. The van der Waals surface area contributed by atoms with Crippen LogP contribution < -0.4 is 19.9 Å². The number of amides is 2. The molecule has 3 rings (SSSR count). The van der Waals surface area contributed by atoms with Gasteiger partial charge < -0.3 is 14.6 Å². The number of hydrogen-bond acceptors (Lipinski definition) is 5. The van der Waals surface area contributed by atoms with Gasteiger partial charge in [-0.3, -0.25) is 15.0 Å². The van der Waals surface area contributed by atoms with Crippen molar-refractivity contribution >= 4 is 45.5 Å². The summed E-state index contributed by atoms with van der Waals surface area (Å²) in [6.45, 7) is 1.39. The first kappa shape index (κ1) is 20.4. The molecule has 29 heavy (non-hydrogen) atoms. The number of benzene rings is 2. The highest BCUT2D eigenvalue weighted by Gasteiger charge is 2.34. The molecule has 2 N–H and O–H groups in total. The van der Waals surface area contributed by atoms with E-state index in [1.165, 1.54) is 25.1 Å². The Bertz CT molecular complexity index is 1010. The van der Waals surface area contributed by atoms with E-state index in [1.54, 1.807) is 42.5 Å². The molecule has 0 aliphatic carbocycles. The maximum Gasteiger partial charge on any atom is 0.344 e. The first-order valence-corrected chi connectivity index (χ1v) is 9.30. The van der Waals surface area contributed by atoms with Gasteiger partial charge in [0.25, 0.3) is 11.8 Å². The summed E-state index contributed by atoms with van der Waals surface area (Å²) in [7, 11) is 1.40. The second-order valence-corrected chi connectivity index (χ2v) is 6.96. The number of halogens is 1. The molecule has 8 nitrogen and oxygen atoms in total. The summed E-state index contributed by atoms with van der Waals surface area (Å²) < 4.78 is 11.1. The quantitative estimate of drug-likeness (QED) is 0.507. The Labute approximate surface area is 174 Å². The van der Waals surface area contributed by atoms with E-state index >= 15 is 0 Å². The maximum atomic E-state index is 12.7. The van der Waals surface area contributed by atoms with Gasteiger partial charge in [-0.15, -0.1) is 0 Å². The Balaban J connectivity index is 1.94. The number of carboxylic acid groups (broad SMARTS) is 1. The number of nitrogens with one attached hydrogen (secondary N) is 1. The van der Waals surface area contributed by atoms with Crippen LogP contribution in [0.3, 0.4) is 0 Å². The van der Waals surface area contributed by atoms with Crippen LogP contribution in [-0.2, 0) is 14.4 Å². The number of carboxylic acids is 1. The largest absolute Gasteiger partial charge is 0.493 e. The molecule has 1 heterocycles. The number of aliphatic carboxylic acids is 1. The topological polar surface area (TPSA) is 105 Å². The molecule has 1 fully saturated rings. The number of anilines is 1. The van der Waals surface area contributed by atoms with Crippen molar-refractivity contribution in [2.24, 2.45) is 0 Å². The van der Waals surface area contributed by atoms with Crippen LogP contribution in [0.25, 0.3) is 6.08 Å². The lowest BCUT2D eigenvalue weighted by atomic mass is 10.1. The van der Waals surface area contributed by atoms with Crippen LogP contribution in [0.4, 0.5) is 5.69 Å². The van der Waals surface area contributed by atoms with Crippen molar-refractivity contribution < 1.29 is 29.0 Å². The lowest BCUT2D eigenvalue weighted by Gasteiger charge is -2.16. The molecule has 2 aromatic rings. The predicted molar refractivity (Wildman–Crippen MR) is 108 cm³/mol. The zero-order valence-electron chi connectivity index (χ0n) is 15.5. The van der Waals surface area contributed by atoms with Gasteiger partial charge in [0.15, 0.2) is 17.6 Å². The molecule has 0 unspecified atom stereocenters. The Morgan fingerprint density at radius 3 is 2.55 bits per heavy atom. The summed E-state index contributed by atoms with van der Waals surface area (Å²) in [5, 5.41) is 10.2. The molecule has 0 bridgehead atoms. The van der Waals surface area contributed by atoms with Gasteiger partial charge in [0.05, 0.1) is 17.3 Å². The van der Waals surface area contributed by atoms with Gasteiger partial charge in [0.1, 0.15) is 5.57 Å². The van der Waals surface area contributed by atoms with Gasteiger partial charge in [-0.25, -0.2) is 9.80 Å². The first-order valence-electron chi connectivity index (χ1n) is 8.51. The highest BCUT2D eigenvalue weighted by molar-refractivity contribution is 9.10. The first-order chi connectivity index (χ1) is 13.8. The average molecular weight is 461 g/mol. The summed E-state index contributed by atoms with van der Waals surface area (Å²) in [4.78, 5) is 36.1. The minimum atomic E-state index is -1.13. The molecule has 9 heteroatoms. The Hall–Kier alpha value is -3.33. The van der Waals surface area contributed by atoms with Crippen LogP contribution in [0.1, 0.15) is 12.5 Å². The monoisotopic (exact) mass is 460 g/mol. The number of ether oxygens (including phenoxy) is 2. The van der Waals surface area contributed by atoms with Crippen molar-refractivity contribution in [3.05, 3.63) is 58.1 Å². The highest BCUT2D eigenvalue weighted by atomic mass is 79.9. The fourth-order valence-corrected chi connectivity index (χ4v) is 3.20. The number of carbonyl (C=O) groups excluding carboxylic acids is 2. The summed E-state index contributed by atoms with van der Waals surface area (Å²) in [6, 6.07) is 11.9. The fourth-order valence-electron chi connectivity index (χ4n) is 2.65. The third kappa shape index (κ3) is 4.24. The van der Waals surface area contributed by atoms with Crippen molar-refractivity contribution in [2.75, 3.05) is 12.1 Å². The smallest absolute Gasteiger partial charge is 0.344 e. The maximum absolute atomic E-state index is 12.7. The second-order valence-electron chi connectivity index (χ2n) is 6.11. The van der Waals surface area contributed by atoms with Gasteiger partial charge in [0, 0.05) is 0 Å². The van der Waals surface area contributed by atoms with Crippen LogP contribution in [0.2, 0.25) is 0 Å². The molecule has 1 atom stereocenters. The van der Waals surface area contributed by atoms with E-state index in [0.717, 1.165) is 0 Å². The molecule has 2 aromatic carbocycles. The lowest BCUT2D eigenvalue weighted by molar-refractivity contribution is -0.144. The molecule has 0 radical (unpaired) electrons. The molecular formula is C20H17BrN2O6. The van der Waals surface area contributed by atoms with Crippen molar-refractivity contribution in [3.63, 3.8) is 0 Å². The van der Waals surface area contributed by atoms with Crippen LogP contribution >= 0.6 is 15.9 Å². The highest BCUT2D eigenvalue weighted by Crippen LogP contribution is 2.38. The van der Waals surface area contributed by atoms with Crippen LogP contribution in [-0.4, -0.2) is 36.1 Å². The minimum absolute atomic E-state index is 0.0459. The van der Waals surface area contributed by atoms with Gasteiger partial charge in [0.2, 0.25) is 0 Å². The summed E-state index contributed by atoms with van der Waals surface area (Å²) >= 11 is 3.32. The van der Waals surface area contributed by atoms with Gasteiger partial charge in [-0.1, -0.05) is 18.2 Å². The number of hydrazine groups is 1. The van der Waals surface area contributed by atoms with Crippen LogP contribution in [0.5, 0.6) is 11.5 Å². The molecule has 2 amide bonds. The molecule has 150 valence electrons. The zero-order chi connectivity index (χ0) is 21.1. The molecular weight excluding hydrogens is 444 g/mol. The number of nitrogens with zero attached hydrogens (tertiary/aromatic N) is 1. The van der Waals surface area contributed by atoms with E-state index in [2.05, 4.69) is 21.4 Å². The second kappa shape index (κ2) is 8.36. The minimum Gasteiger partial charge on any atom is -0.493 e. The van der Waals surface area contributed by atoms with Gasteiger partial charge in [-0.2, -0.15) is 0 Å². The van der Waals surface area contributed by atoms with Crippen LogP contribution in [0.15, 0.2) is 52.5 Å². The van der Waals surface area contributed by atoms with E-state index in [4.69, 9.17) is 14.6 Å². The molecule has 0 aromatic heterocycles. The normalized spacial score (nSPS) is 16.0. The van der Waals surface area contributed by atoms with Crippen molar-refractivity contribution in [2.45, 2.75) is 13.0 Å². The average Bonchev–Trinajstić information content (AvgIpc) is 2.98. The standard InChI is InChI=1S/C20H17BrN2O6/c1-11(20(26)27)29-17-15(21)9-12(10-16(17)28-2)8-14-18(24)22-23(19(14)25)13-6-4-3-5-7-13/h3-11H,1-2H3,(H,22,24)(H,26,27)/b14-8-/t11-/m1/s1. The molecule has 1 aliphatic heterocycles. The zero-order valence-corrected chi connectivity index (χ0v) is 17.1. The van der Waals surface area contributed by atoms with Crippen molar-refractivity contribution in [3.8, 4) is 11.5 Å². The third-order valence-corrected chi connectivity index (χ3v) is 4.70. The number of rotatable bonds is 6. The van der Waals surface area contributed by atoms with Crippen LogP contribution in [0, 0.1) is 0 Å².